The van der Waals surface area contributed by atoms with Gasteiger partial charge in [0.2, 0.25) is 5.75 Å². The molecule has 0 aliphatic carbocycles. The van der Waals surface area contributed by atoms with Gasteiger partial charge in [-0.05, 0) is 29.1 Å². The van der Waals surface area contributed by atoms with Crippen molar-refractivity contribution in [3.8, 4) is 17.2 Å². The maximum absolute atomic E-state index is 12.1. The fourth-order valence-electron chi connectivity index (χ4n) is 2.48. The lowest BCUT2D eigenvalue weighted by Crippen LogP contribution is -2.17. The van der Waals surface area contributed by atoms with Crippen molar-refractivity contribution in [2.45, 2.75) is 10.8 Å². The van der Waals surface area contributed by atoms with Crippen LogP contribution in [0.1, 0.15) is 11.1 Å². The van der Waals surface area contributed by atoms with Crippen LogP contribution in [0.15, 0.2) is 69.3 Å². The molecule has 0 saturated heterocycles. The summed E-state index contributed by atoms with van der Waals surface area (Å²) in [6.45, 7) is 0.349. The first-order chi connectivity index (χ1) is 14.0. The van der Waals surface area contributed by atoms with Gasteiger partial charge in [0.15, 0.2) is 11.5 Å². The quantitative estimate of drug-likeness (QED) is 0.412. The topological polar surface area (TPSA) is 86.2 Å². The zero-order valence-electron chi connectivity index (χ0n) is 15.9. The number of ether oxygens (including phenoxy) is 3. The Balaban J connectivity index is 1.78. The predicted molar refractivity (Wildman–Crippen MR) is 113 cm³/mol. The van der Waals surface area contributed by atoms with E-state index in [0.717, 1.165) is 16.9 Å². The normalized spacial score (nSPS) is 11.4. The molecule has 9 heteroatoms. The Bertz CT molecular complexity index is 1040. The summed E-state index contributed by atoms with van der Waals surface area (Å²) in [4.78, 5) is 2.19. The molecule has 3 aromatic rings. The summed E-state index contributed by atoms with van der Waals surface area (Å²) in [7, 11) is -0.646. The zero-order chi connectivity index (χ0) is 20.7. The molecule has 0 radical (unpaired) electrons. The molecule has 0 spiro atoms. The van der Waals surface area contributed by atoms with Crippen LogP contribution in [0.5, 0.6) is 17.2 Å². The van der Waals surface area contributed by atoms with E-state index in [4.69, 9.17) is 14.2 Å². The van der Waals surface area contributed by atoms with E-state index in [1.165, 1.54) is 26.5 Å². The van der Waals surface area contributed by atoms with Crippen LogP contribution in [0.4, 0.5) is 0 Å². The average Bonchev–Trinajstić information content (AvgIpc) is 3.28. The standard InChI is InChI=1S/C20H20N2O5S2/c1-25-17-11-16(13-21-22-29(23,24)19-9-6-10-28-19)12-18(26-2)20(17)27-14-15-7-4-3-5-8-15/h3-13,22H,14H2,1-2H3/b21-13+. The van der Waals surface area contributed by atoms with Gasteiger partial charge in [-0.25, -0.2) is 0 Å². The van der Waals surface area contributed by atoms with E-state index >= 15 is 0 Å². The number of methoxy groups -OCH3 is 2. The molecule has 0 bridgehead atoms. The molecule has 3 rings (SSSR count). The highest BCUT2D eigenvalue weighted by Gasteiger charge is 2.15. The van der Waals surface area contributed by atoms with E-state index in [1.807, 2.05) is 30.3 Å². The van der Waals surface area contributed by atoms with E-state index in [9.17, 15) is 8.42 Å². The summed E-state index contributed by atoms with van der Waals surface area (Å²) < 4.78 is 41.2. The van der Waals surface area contributed by atoms with Gasteiger partial charge in [0.25, 0.3) is 10.0 Å². The minimum atomic E-state index is -3.68. The van der Waals surface area contributed by atoms with Crippen molar-refractivity contribution in [2.24, 2.45) is 5.10 Å². The van der Waals surface area contributed by atoms with E-state index < -0.39 is 10.0 Å². The Kier molecular flexibility index (Phi) is 6.73. The molecular formula is C20H20N2O5S2. The molecule has 0 fully saturated rings. The van der Waals surface area contributed by atoms with E-state index in [0.29, 0.717) is 29.4 Å². The SMILES string of the molecule is COc1cc(/C=N/NS(=O)(=O)c2cccs2)cc(OC)c1OCc1ccccc1. The van der Waals surface area contributed by atoms with Gasteiger partial charge in [0, 0.05) is 5.56 Å². The number of hydrogen-bond donors (Lipinski definition) is 1. The Hall–Kier alpha value is -3.04. The fourth-order valence-corrected chi connectivity index (χ4v) is 4.25. The monoisotopic (exact) mass is 432 g/mol. The Labute approximate surface area is 173 Å². The highest BCUT2D eigenvalue weighted by molar-refractivity contribution is 7.91. The van der Waals surface area contributed by atoms with E-state index in [1.54, 1.807) is 23.6 Å². The van der Waals surface area contributed by atoms with Crippen LogP contribution in [-0.4, -0.2) is 28.9 Å². The molecule has 0 unspecified atom stereocenters. The summed E-state index contributed by atoms with van der Waals surface area (Å²) in [5.74, 6) is 1.35. The van der Waals surface area contributed by atoms with Gasteiger partial charge in [-0.15, -0.1) is 11.3 Å². The Morgan fingerprint density at radius 2 is 1.72 bits per heavy atom. The minimum absolute atomic E-state index is 0.189. The highest BCUT2D eigenvalue weighted by Crippen LogP contribution is 2.38. The third kappa shape index (κ3) is 5.27. The van der Waals surface area contributed by atoms with Crippen molar-refractivity contribution in [2.75, 3.05) is 14.2 Å². The van der Waals surface area contributed by atoms with Crippen LogP contribution in [0.2, 0.25) is 0 Å². The molecule has 1 aromatic heterocycles. The Morgan fingerprint density at radius 1 is 1.03 bits per heavy atom. The molecule has 29 heavy (non-hydrogen) atoms. The minimum Gasteiger partial charge on any atom is -0.493 e. The number of nitrogens with one attached hydrogen (secondary N) is 1. The van der Waals surface area contributed by atoms with Crippen LogP contribution in [-0.2, 0) is 16.6 Å². The Morgan fingerprint density at radius 3 is 2.31 bits per heavy atom. The first-order valence-corrected chi connectivity index (χ1v) is 10.9. The molecule has 2 aromatic carbocycles. The lowest BCUT2D eigenvalue weighted by Gasteiger charge is -2.15. The van der Waals surface area contributed by atoms with Crippen molar-refractivity contribution in [3.05, 3.63) is 71.1 Å². The largest absolute Gasteiger partial charge is 0.493 e. The van der Waals surface area contributed by atoms with Crippen LogP contribution in [0.25, 0.3) is 0 Å². The second kappa shape index (κ2) is 9.44. The molecule has 7 nitrogen and oxygen atoms in total. The number of thiophene rings is 1. The first kappa shape index (κ1) is 20.7. The molecule has 1 N–H and O–H groups in total. The van der Waals surface area contributed by atoms with Crippen molar-refractivity contribution >= 4 is 27.6 Å². The molecule has 0 amide bonds. The molecule has 0 aliphatic heterocycles. The molecular weight excluding hydrogens is 412 g/mol. The van der Waals surface area contributed by atoms with E-state index in [-0.39, 0.29) is 4.21 Å². The third-order valence-corrected chi connectivity index (χ3v) is 6.48. The first-order valence-electron chi connectivity index (χ1n) is 8.54. The zero-order valence-corrected chi connectivity index (χ0v) is 17.5. The highest BCUT2D eigenvalue weighted by atomic mass is 32.2. The van der Waals surface area contributed by atoms with Gasteiger partial charge in [-0.1, -0.05) is 36.4 Å². The average molecular weight is 433 g/mol. The van der Waals surface area contributed by atoms with Crippen molar-refractivity contribution < 1.29 is 22.6 Å². The summed E-state index contributed by atoms with van der Waals surface area (Å²) in [5, 5.41) is 5.52. The molecule has 0 aliphatic rings. The van der Waals surface area contributed by atoms with Crippen LogP contribution in [0.3, 0.4) is 0 Å². The van der Waals surface area contributed by atoms with Gasteiger partial charge in [-0.3, -0.25) is 0 Å². The molecule has 1 heterocycles. The summed E-state index contributed by atoms with van der Waals surface area (Å²) in [6, 6.07) is 16.3. The summed E-state index contributed by atoms with van der Waals surface area (Å²) in [6.07, 6.45) is 1.37. The third-order valence-electron chi connectivity index (χ3n) is 3.86. The van der Waals surface area contributed by atoms with Gasteiger partial charge < -0.3 is 14.2 Å². The number of rotatable bonds is 9. The van der Waals surface area contributed by atoms with Crippen molar-refractivity contribution in [3.63, 3.8) is 0 Å². The number of benzene rings is 2. The second-order valence-electron chi connectivity index (χ2n) is 5.81. The predicted octanol–water partition coefficient (Wildman–Crippen LogP) is 3.66. The second-order valence-corrected chi connectivity index (χ2v) is 8.65. The van der Waals surface area contributed by atoms with Gasteiger partial charge in [0.1, 0.15) is 10.8 Å². The van der Waals surface area contributed by atoms with Crippen LogP contribution in [0, 0.1) is 0 Å². The fraction of sp³-hybridized carbons (Fsp3) is 0.150. The summed E-state index contributed by atoms with van der Waals surface area (Å²) >= 11 is 1.11. The number of sulfonamides is 1. The van der Waals surface area contributed by atoms with Gasteiger partial charge >= 0.3 is 0 Å². The van der Waals surface area contributed by atoms with Gasteiger partial charge in [-0.2, -0.15) is 18.4 Å². The lowest BCUT2D eigenvalue weighted by molar-refractivity contribution is 0.266. The van der Waals surface area contributed by atoms with Gasteiger partial charge in [0.05, 0.1) is 20.4 Å². The maximum Gasteiger partial charge on any atom is 0.286 e. The van der Waals surface area contributed by atoms with E-state index in [2.05, 4.69) is 9.93 Å². The van der Waals surface area contributed by atoms with Crippen molar-refractivity contribution in [1.82, 2.24) is 4.83 Å². The molecule has 0 saturated carbocycles. The lowest BCUT2D eigenvalue weighted by atomic mass is 10.2. The smallest absolute Gasteiger partial charge is 0.286 e. The molecule has 152 valence electrons. The number of nitrogens with zero attached hydrogens (tertiary/aromatic N) is 1. The maximum atomic E-state index is 12.1. The van der Waals surface area contributed by atoms with Crippen molar-refractivity contribution in [1.29, 1.82) is 0 Å². The number of hydrazone groups is 1. The van der Waals surface area contributed by atoms with Crippen LogP contribution < -0.4 is 19.0 Å². The summed E-state index contributed by atoms with van der Waals surface area (Å²) in [5.41, 5.74) is 1.59. The van der Waals surface area contributed by atoms with Crippen LogP contribution >= 0.6 is 11.3 Å². The number of hydrogen-bond acceptors (Lipinski definition) is 7. The molecule has 0 atom stereocenters.